The van der Waals surface area contributed by atoms with Gasteiger partial charge in [0, 0.05) is 21.4 Å². The van der Waals surface area contributed by atoms with E-state index < -0.39 is 0 Å². The van der Waals surface area contributed by atoms with Crippen molar-refractivity contribution in [1.29, 1.82) is 0 Å². The number of halogens is 2. The maximum atomic E-state index is 13.2. The standard InChI is InChI=1S/C21H14F2N2OS/c22-13-5-9-15(10-6-13)24-20-19(27-16-11-7-14(23)8-12-16)17-3-1-2-4-18(17)21(26)25-20/h1-12H,(H2,24,25,26). The van der Waals surface area contributed by atoms with Gasteiger partial charge in [0.05, 0.1) is 4.90 Å². The van der Waals surface area contributed by atoms with E-state index in [-0.39, 0.29) is 17.2 Å². The number of H-pyrrole nitrogens is 1. The summed E-state index contributed by atoms with van der Waals surface area (Å²) < 4.78 is 26.4. The summed E-state index contributed by atoms with van der Waals surface area (Å²) in [6.07, 6.45) is 0. The molecule has 0 radical (unpaired) electrons. The van der Waals surface area contributed by atoms with E-state index in [1.807, 2.05) is 12.1 Å². The molecule has 0 amide bonds. The second-order valence-corrected chi connectivity index (χ2v) is 6.98. The van der Waals surface area contributed by atoms with Crippen molar-refractivity contribution in [1.82, 2.24) is 4.98 Å². The van der Waals surface area contributed by atoms with Crippen LogP contribution in [0.2, 0.25) is 0 Å². The third kappa shape index (κ3) is 3.71. The largest absolute Gasteiger partial charge is 0.341 e. The normalized spacial score (nSPS) is 10.9. The van der Waals surface area contributed by atoms with Gasteiger partial charge in [-0.25, -0.2) is 8.78 Å². The Kier molecular flexibility index (Phi) is 4.64. The lowest BCUT2D eigenvalue weighted by Gasteiger charge is -2.14. The van der Waals surface area contributed by atoms with Crippen LogP contribution in [-0.4, -0.2) is 4.98 Å². The van der Waals surface area contributed by atoms with Gasteiger partial charge in [-0.15, -0.1) is 0 Å². The van der Waals surface area contributed by atoms with Crippen molar-refractivity contribution in [2.45, 2.75) is 9.79 Å². The molecule has 2 N–H and O–H groups in total. The highest BCUT2D eigenvalue weighted by atomic mass is 32.2. The van der Waals surface area contributed by atoms with Gasteiger partial charge < -0.3 is 10.3 Å². The van der Waals surface area contributed by atoms with Crippen molar-refractivity contribution in [3.63, 3.8) is 0 Å². The second-order valence-electron chi connectivity index (χ2n) is 5.89. The van der Waals surface area contributed by atoms with Crippen molar-refractivity contribution in [3.05, 3.63) is 94.8 Å². The van der Waals surface area contributed by atoms with E-state index in [9.17, 15) is 13.6 Å². The first-order valence-corrected chi connectivity index (χ1v) is 9.03. The van der Waals surface area contributed by atoms with Crippen LogP contribution in [0.3, 0.4) is 0 Å². The molecular formula is C21H14F2N2OS. The van der Waals surface area contributed by atoms with Gasteiger partial charge in [0.15, 0.2) is 0 Å². The molecule has 0 saturated carbocycles. The predicted molar refractivity (Wildman–Crippen MR) is 105 cm³/mol. The molecule has 0 bridgehead atoms. The minimum absolute atomic E-state index is 0.223. The van der Waals surface area contributed by atoms with E-state index in [2.05, 4.69) is 10.3 Å². The predicted octanol–water partition coefficient (Wildman–Crippen LogP) is 5.70. The van der Waals surface area contributed by atoms with Crippen LogP contribution in [0.15, 0.2) is 87.4 Å². The van der Waals surface area contributed by atoms with Gasteiger partial charge >= 0.3 is 0 Å². The molecule has 1 aromatic heterocycles. The summed E-state index contributed by atoms with van der Waals surface area (Å²) in [5.74, 6) is -0.150. The summed E-state index contributed by atoms with van der Waals surface area (Å²) in [6, 6.07) is 19.3. The third-order valence-electron chi connectivity index (χ3n) is 4.03. The Hall–Kier alpha value is -3.12. The molecule has 1 heterocycles. The first-order valence-electron chi connectivity index (χ1n) is 8.21. The quantitative estimate of drug-likeness (QED) is 0.477. The topological polar surface area (TPSA) is 44.9 Å². The van der Waals surface area contributed by atoms with Crippen LogP contribution in [0.4, 0.5) is 20.3 Å². The average Bonchev–Trinajstić information content (AvgIpc) is 2.68. The number of aromatic amines is 1. The van der Waals surface area contributed by atoms with Crippen molar-refractivity contribution in [2.75, 3.05) is 5.32 Å². The summed E-state index contributed by atoms with van der Waals surface area (Å²) >= 11 is 1.41. The number of benzene rings is 3. The Bertz CT molecular complexity index is 1160. The number of rotatable bonds is 4. The van der Waals surface area contributed by atoms with Crippen LogP contribution in [0, 0.1) is 11.6 Å². The number of nitrogens with one attached hydrogen (secondary N) is 2. The lowest BCUT2D eigenvalue weighted by Crippen LogP contribution is -2.10. The summed E-state index contributed by atoms with van der Waals surface area (Å²) in [4.78, 5) is 17.0. The molecule has 0 unspecified atom stereocenters. The number of hydrogen-bond donors (Lipinski definition) is 2. The van der Waals surface area contributed by atoms with Crippen LogP contribution < -0.4 is 10.9 Å². The average molecular weight is 380 g/mol. The van der Waals surface area contributed by atoms with Crippen LogP contribution in [0.1, 0.15) is 0 Å². The SMILES string of the molecule is O=c1[nH]c(Nc2ccc(F)cc2)c(Sc2ccc(F)cc2)c2ccccc12. The Balaban J connectivity index is 1.84. The zero-order valence-electron chi connectivity index (χ0n) is 14.0. The lowest BCUT2D eigenvalue weighted by atomic mass is 10.1. The fourth-order valence-corrected chi connectivity index (χ4v) is 3.74. The summed E-state index contributed by atoms with van der Waals surface area (Å²) in [5, 5.41) is 4.49. The number of aromatic nitrogens is 1. The number of pyridine rings is 1. The van der Waals surface area contributed by atoms with Gasteiger partial charge in [-0.1, -0.05) is 30.0 Å². The van der Waals surface area contributed by atoms with Crippen LogP contribution in [0.5, 0.6) is 0 Å². The Morgan fingerprint density at radius 3 is 2.04 bits per heavy atom. The highest BCUT2D eigenvalue weighted by molar-refractivity contribution is 7.99. The molecule has 0 aliphatic rings. The molecule has 3 aromatic carbocycles. The molecule has 4 aromatic rings. The zero-order chi connectivity index (χ0) is 18.8. The molecule has 134 valence electrons. The molecule has 0 aliphatic heterocycles. The molecule has 0 fully saturated rings. The van der Waals surface area contributed by atoms with Gasteiger partial charge in [0.25, 0.3) is 5.56 Å². The lowest BCUT2D eigenvalue weighted by molar-refractivity contribution is 0.626. The van der Waals surface area contributed by atoms with E-state index in [0.717, 1.165) is 15.2 Å². The van der Waals surface area contributed by atoms with Crippen molar-refractivity contribution < 1.29 is 8.78 Å². The molecule has 6 heteroatoms. The number of hydrogen-bond acceptors (Lipinski definition) is 3. The van der Waals surface area contributed by atoms with Gasteiger partial charge in [0.1, 0.15) is 17.5 Å². The summed E-state index contributed by atoms with van der Waals surface area (Å²) in [7, 11) is 0. The molecule has 0 saturated heterocycles. The summed E-state index contributed by atoms with van der Waals surface area (Å²) in [5.41, 5.74) is 0.418. The van der Waals surface area contributed by atoms with E-state index in [1.165, 1.54) is 36.0 Å². The first-order chi connectivity index (χ1) is 13.1. The van der Waals surface area contributed by atoms with E-state index >= 15 is 0 Å². The maximum Gasteiger partial charge on any atom is 0.257 e. The number of anilines is 2. The second kappa shape index (κ2) is 7.25. The highest BCUT2D eigenvalue weighted by Gasteiger charge is 2.13. The zero-order valence-corrected chi connectivity index (χ0v) is 14.8. The Morgan fingerprint density at radius 1 is 0.778 bits per heavy atom. The highest BCUT2D eigenvalue weighted by Crippen LogP contribution is 2.38. The van der Waals surface area contributed by atoms with Crippen molar-refractivity contribution in [2.24, 2.45) is 0 Å². The van der Waals surface area contributed by atoms with E-state index in [4.69, 9.17) is 0 Å². The third-order valence-corrected chi connectivity index (χ3v) is 5.17. The van der Waals surface area contributed by atoms with Crippen LogP contribution in [0.25, 0.3) is 10.8 Å². The smallest absolute Gasteiger partial charge is 0.257 e. The molecule has 0 aliphatic carbocycles. The first kappa shape index (κ1) is 17.3. The molecular weight excluding hydrogens is 366 g/mol. The minimum atomic E-state index is -0.339. The van der Waals surface area contributed by atoms with E-state index in [1.54, 1.807) is 36.4 Å². The van der Waals surface area contributed by atoms with Gasteiger partial charge in [-0.05, 0) is 54.6 Å². The van der Waals surface area contributed by atoms with Gasteiger partial charge in [0.2, 0.25) is 0 Å². The Labute approximate surface area is 158 Å². The van der Waals surface area contributed by atoms with Crippen LogP contribution >= 0.6 is 11.8 Å². The fourth-order valence-electron chi connectivity index (χ4n) is 2.74. The van der Waals surface area contributed by atoms with Gasteiger partial charge in [-0.3, -0.25) is 4.79 Å². The maximum absolute atomic E-state index is 13.2. The Morgan fingerprint density at radius 2 is 1.37 bits per heavy atom. The monoisotopic (exact) mass is 380 g/mol. The molecule has 0 atom stereocenters. The molecule has 3 nitrogen and oxygen atoms in total. The minimum Gasteiger partial charge on any atom is -0.341 e. The fraction of sp³-hybridized carbons (Fsp3) is 0. The molecule has 4 rings (SSSR count). The van der Waals surface area contributed by atoms with Gasteiger partial charge in [-0.2, -0.15) is 0 Å². The molecule has 0 spiro atoms. The van der Waals surface area contributed by atoms with Crippen molar-refractivity contribution >= 4 is 34.0 Å². The van der Waals surface area contributed by atoms with E-state index in [0.29, 0.717) is 16.9 Å². The van der Waals surface area contributed by atoms with Crippen molar-refractivity contribution in [3.8, 4) is 0 Å². The van der Waals surface area contributed by atoms with Crippen LogP contribution in [-0.2, 0) is 0 Å². The number of fused-ring (bicyclic) bond motifs is 1. The summed E-state index contributed by atoms with van der Waals surface area (Å²) in [6.45, 7) is 0. The molecule has 27 heavy (non-hydrogen) atoms.